The molecule has 1 aromatic carbocycles. The van der Waals surface area contributed by atoms with Crippen LogP contribution in [-0.4, -0.2) is 35.2 Å². The predicted molar refractivity (Wildman–Crippen MR) is 90.3 cm³/mol. The van der Waals surface area contributed by atoms with E-state index in [0.717, 1.165) is 10.6 Å². The molecule has 0 bridgehead atoms. The number of esters is 1. The van der Waals surface area contributed by atoms with Crippen molar-refractivity contribution in [3.05, 3.63) is 42.2 Å². The minimum Gasteiger partial charge on any atom is -0.467 e. The molecule has 0 aliphatic rings. The van der Waals surface area contributed by atoms with Crippen molar-refractivity contribution in [2.24, 2.45) is 5.92 Å². The molecule has 0 aliphatic heterocycles. The molecular weight excluding hydrogens is 314 g/mol. The fourth-order valence-corrected chi connectivity index (χ4v) is 3.80. The van der Waals surface area contributed by atoms with Gasteiger partial charge in [-0.05, 0) is 18.1 Å². The molecule has 0 amide bonds. The second-order valence-electron chi connectivity index (χ2n) is 5.46. The third-order valence-corrected chi connectivity index (χ3v) is 5.41. The van der Waals surface area contributed by atoms with Crippen molar-refractivity contribution in [3.63, 3.8) is 0 Å². The molecule has 7 heteroatoms. The minimum absolute atomic E-state index is 0.0649. The van der Waals surface area contributed by atoms with Crippen molar-refractivity contribution >= 4 is 17.1 Å². The zero-order chi connectivity index (χ0) is 16.8. The lowest BCUT2D eigenvalue weighted by Gasteiger charge is -2.19. The van der Waals surface area contributed by atoms with Crippen molar-refractivity contribution < 1.29 is 13.7 Å². The number of methoxy groups -OCH3 is 1. The largest absolute Gasteiger partial charge is 0.467 e. The van der Waals surface area contributed by atoms with E-state index in [4.69, 9.17) is 8.92 Å². The summed E-state index contributed by atoms with van der Waals surface area (Å²) in [4.78, 5) is 13.1. The molecular formula is C16H23N3O3S. The maximum Gasteiger partial charge on any atom is 0.330 e. The first-order valence-electron chi connectivity index (χ1n) is 7.42. The lowest BCUT2D eigenvalue weighted by molar-refractivity contribution is -0.146. The second kappa shape index (κ2) is 8.12. The molecule has 23 heavy (non-hydrogen) atoms. The Bertz CT molecular complexity index is 631. The van der Waals surface area contributed by atoms with E-state index in [1.165, 1.54) is 7.11 Å². The SMILES string of the molecule is COC(=O)[C@@H](C(C)C)n1cc(C[SH](OC)c2ccccc2)nn1. The van der Waals surface area contributed by atoms with Gasteiger partial charge in [0.1, 0.15) is 0 Å². The molecule has 0 aliphatic carbocycles. The zero-order valence-corrected chi connectivity index (χ0v) is 14.7. The Hall–Kier alpha value is -1.86. The molecule has 0 N–H and O–H groups in total. The highest BCUT2D eigenvalue weighted by Crippen LogP contribution is 2.39. The summed E-state index contributed by atoms with van der Waals surface area (Å²) in [7, 11) is 3.09. The molecule has 0 saturated heterocycles. The van der Waals surface area contributed by atoms with Gasteiger partial charge in [0.15, 0.2) is 6.04 Å². The number of carbonyl (C=O) groups excluding carboxylic acids is 1. The fourth-order valence-electron chi connectivity index (χ4n) is 2.33. The summed E-state index contributed by atoms with van der Waals surface area (Å²) in [5.41, 5.74) is 0.802. The van der Waals surface area contributed by atoms with Gasteiger partial charge in [0.05, 0.1) is 19.0 Å². The number of hydrogen-bond acceptors (Lipinski definition) is 5. The van der Waals surface area contributed by atoms with Gasteiger partial charge in [-0.3, -0.25) is 0 Å². The number of hydrogen-bond donors (Lipinski definition) is 1. The van der Waals surface area contributed by atoms with E-state index in [2.05, 4.69) is 10.3 Å². The van der Waals surface area contributed by atoms with Gasteiger partial charge in [0.25, 0.3) is 0 Å². The summed E-state index contributed by atoms with van der Waals surface area (Å²) >= 11 is -0.802. The van der Waals surface area contributed by atoms with Crippen LogP contribution in [0.4, 0.5) is 0 Å². The van der Waals surface area contributed by atoms with Crippen LogP contribution in [0.1, 0.15) is 25.6 Å². The van der Waals surface area contributed by atoms with Crippen molar-refractivity contribution in [2.75, 3.05) is 14.2 Å². The average Bonchev–Trinajstić information content (AvgIpc) is 3.01. The number of rotatable bonds is 7. The van der Waals surface area contributed by atoms with E-state index < -0.39 is 17.2 Å². The first kappa shape index (κ1) is 17.5. The summed E-state index contributed by atoms with van der Waals surface area (Å²) in [6, 6.07) is 9.59. The Kier molecular flexibility index (Phi) is 6.18. The summed E-state index contributed by atoms with van der Waals surface area (Å²) in [6.07, 6.45) is 1.80. The van der Waals surface area contributed by atoms with E-state index in [1.54, 1.807) is 18.0 Å². The van der Waals surface area contributed by atoms with Crippen LogP contribution in [-0.2, 0) is 19.5 Å². The van der Waals surface area contributed by atoms with Crippen LogP contribution < -0.4 is 0 Å². The fraction of sp³-hybridized carbons (Fsp3) is 0.438. The topological polar surface area (TPSA) is 66.2 Å². The molecule has 1 unspecified atom stereocenters. The first-order chi connectivity index (χ1) is 11.1. The molecule has 2 rings (SSSR count). The molecule has 1 heterocycles. The monoisotopic (exact) mass is 337 g/mol. The van der Waals surface area contributed by atoms with Crippen LogP contribution in [0.3, 0.4) is 0 Å². The van der Waals surface area contributed by atoms with Gasteiger partial charge in [-0.25, -0.2) is 9.48 Å². The molecule has 6 nitrogen and oxygen atoms in total. The van der Waals surface area contributed by atoms with E-state index >= 15 is 0 Å². The Morgan fingerprint density at radius 3 is 2.52 bits per heavy atom. The van der Waals surface area contributed by atoms with Crippen LogP contribution in [0.15, 0.2) is 41.4 Å². The van der Waals surface area contributed by atoms with Crippen LogP contribution in [0.5, 0.6) is 0 Å². The van der Waals surface area contributed by atoms with Gasteiger partial charge in [-0.2, -0.15) is 0 Å². The number of thiol groups is 1. The Balaban J connectivity index is 2.16. The van der Waals surface area contributed by atoms with Gasteiger partial charge in [-0.15, -0.1) is 16.3 Å². The van der Waals surface area contributed by atoms with E-state index in [-0.39, 0.29) is 11.9 Å². The number of benzene rings is 1. The lowest BCUT2D eigenvalue weighted by atomic mass is 10.1. The quantitative estimate of drug-likeness (QED) is 0.622. The molecule has 0 saturated carbocycles. The third kappa shape index (κ3) is 4.33. The van der Waals surface area contributed by atoms with Crippen molar-refractivity contribution in [1.82, 2.24) is 15.0 Å². The standard InChI is InChI=1S/C16H23N3O3S/c1-12(2)15(16(20)21-3)19-10-13(17-18-19)11-23(22-4)14-8-6-5-7-9-14/h5-10,12,15,23H,11H2,1-4H3/t15-/m1/s1. The number of ether oxygens (including phenoxy) is 1. The number of aromatic nitrogens is 3. The predicted octanol–water partition coefficient (Wildman–Crippen LogP) is 2.77. The van der Waals surface area contributed by atoms with Crippen LogP contribution in [0.2, 0.25) is 0 Å². The highest BCUT2D eigenvalue weighted by atomic mass is 32.2. The van der Waals surface area contributed by atoms with Gasteiger partial charge < -0.3 is 8.92 Å². The van der Waals surface area contributed by atoms with Gasteiger partial charge in [0.2, 0.25) is 0 Å². The van der Waals surface area contributed by atoms with E-state index in [1.807, 2.05) is 44.2 Å². The third-order valence-electron chi connectivity index (χ3n) is 3.49. The summed E-state index contributed by atoms with van der Waals surface area (Å²) in [5.74, 6) is 0.408. The average molecular weight is 337 g/mol. The molecule has 2 atom stereocenters. The van der Waals surface area contributed by atoms with Crippen molar-refractivity contribution in [2.45, 2.75) is 30.5 Å². The highest BCUT2D eigenvalue weighted by molar-refractivity contribution is 8.12. The van der Waals surface area contributed by atoms with Crippen molar-refractivity contribution in [1.29, 1.82) is 0 Å². The molecule has 0 radical (unpaired) electrons. The lowest BCUT2D eigenvalue weighted by Crippen LogP contribution is -2.26. The summed E-state index contributed by atoms with van der Waals surface area (Å²) in [5, 5.41) is 8.30. The minimum atomic E-state index is -0.802. The normalized spacial score (nSPS) is 14.6. The van der Waals surface area contributed by atoms with Gasteiger partial charge in [0, 0.05) is 17.8 Å². The highest BCUT2D eigenvalue weighted by Gasteiger charge is 2.26. The van der Waals surface area contributed by atoms with Gasteiger partial charge >= 0.3 is 5.97 Å². The Morgan fingerprint density at radius 1 is 1.26 bits per heavy atom. The summed E-state index contributed by atoms with van der Waals surface area (Å²) < 4.78 is 12.1. The molecule has 1 aromatic heterocycles. The maximum atomic E-state index is 11.9. The second-order valence-corrected chi connectivity index (χ2v) is 7.41. The maximum absolute atomic E-state index is 11.9. The zero-order valence-electron chi connectivity index (χ0n) is 13.8. The van der Waals surface area contributed by atoms with Crippen LogP contribution >= 0.6 is 11.2 Å². The first-order valence-corrected chi connectivity index (χ1v) is 8.86. The van der Waals surface area contributed by atoms with E-state index in [0.29, 0.717) is 5.75 Å². The van der Waals surface area contributed by atoms with Crippen LogP contribution in [0.25, 0.3) is 0 Å². The number of nitrogens with zero attached hydrogens (tertiary/aromatic N) is 3. The molecule has 126 valence electrons. The molecule has 0 fully saturated rings. The Labute approximate surface area is 139 Å². The Morgan fingerprint density at radius 2 is 1.96 bits per heavy atom. The molecule has 0 spiro atoms. The summed E-state index contributed by atoms with van der Waals surface area (Å²) in [6.45, 7) is 3.91. The number of carbonyl (C=O) groups is 1. The molecule has 2 aromatic rings. The van der Waals surface area contributed by atoms with E-state index in [9.17, 15) is 4.79 Å². The van der Waals surface area contributed by atoms with Crippen molar-refractivity contribution in [3.8, 4) is 0 Å². The van der Waals surface area contributed by atoms with Gasteiger partial charge in [-0.1, -0.05) is 37.3 Å². The smallest absolute Gasteiger partial charge is 0.330 e. The van der Waals surface area contributed by atoms with Crippen LogP contribution in [0, 0.1) is 5.92 Å².